The summed E-state index contributed by atoms with van der Waals surface area (Å²) >= 11 is 0. The number of aromatic nitrogens is 3. The fourth-order valence-corrected chi connectivity index (χ4v) is 2.37. The van der Waals surface area contributed by atoms with Crippen molar-refractivity contribution in [3.05, 3.63) is 0 Å². The average Bonchev–Trinajstić information content (AvgIpc) is 2.69. The van der Waals surface area contributed by atoms with Crippen LogP contribution >= 0.6 is 0 Å². The normalized spacial score (nSPS) is 19.6. The number of ether oxygens (including phenoxy) is 1. The molecule has 1 unspecified atom stereocenters. The fraction of sp³-hybridized carbons (Fsp3) is 0.769. The summed E-state index contributed by atoms with van der Waals surface area (Å²) in [6.45, 7) is 5.80. The molecule has 7 heteroatoms. The third-order valence-electron chi connectivity index (χ3n) is 3.48. The van der Waals surface area contributed by atoms with Crippen LogP contribution < -0.4 is 20.9 Å². The monoisotopic (exact) mass is 280 g/mol. The second-order valence-corrected chi connectivity index (χ2v) is 5.13. The Morgan fingerprint density at radius 3 is 2.90 bits per heavy atom. The molecule has 0 aromatic carbocycles. The standard InChI is InChI=1S/C13H24N6O/c1-3-9-20-13-16-11(18-14)15-12(17-13)19-8-6-4-5-7-10(19)2/h10H,3-9,14H2,1-2H3,(H,15,16,17,18). The van der Waals surface area contributed by atoms with Crippen LogP contribution in [0.4, 0.5) is 11.9 Å². The number of nitrogens with two attached hydrogens (primary N) is 1. The van der Waals surface area contributed by atoms with E-state index < -0.39 is 0 Å². The molecule has 2 rings (SSSR count). The van der Waals surface area contributed by atoms with Crippen LogP contribution in [0.15, 0.2) is 0 Å². The number of hydrogen-bond donors (Lipinski definition) is 2. The number of nitrogens with zero attached hydrogens (tertiary/aromatic N) is 4. The lowest BCUT2D eigenvalue weighted by Gasteiger charge is -2.27. The van der Waals surface area contributed by atoms with Gasteiger partial charge in [-0.1, -0.05) is 19.8 Å². The van der Waals surface area contributed by atoms with Gasteiger partial charge in [-0.05, 0) is 26.2 Å². The van der Waals surface area contributed by atoms with Gasteiger partial charge in [0.2, 0.25) is 11.9 Å². The van der Waals surface area contributed by atoms with Crippen molar-refractivity contribution < 1.29 is 4.74 Å². The van der Waals surface area contributed by atoms with Crippen molar-refractivity contribution in [2.45, 2.75) is 52.0 Å². The van der Waals surface area contributed by atoms with Crippen molar-refractivity contribution in [3.8, 4) is 6.01 Å². The van der Waals surface area contributed by atoms with Crippen LogP contribution in [-0.2, 0) is 0 Å². The summed E-state index contributed by atoms with van der Waals surface area (Å²) in [5.74, 6) is 6.43. The first kappa shape index (κ1) is 14.8. The maximum absolute atomic E-state index is 5.51. The van der Waals surface area contributed by atoms with E-state index in [2.05, 4.69) is 32.2 Å². The topological polar surface area (TPSA) is 89.2 Å². The Labute approximate surface area is 119 Å². The van der Waals surface area contributed by atoms with Crippen molar-refractivity contribution in [2.24, 2.45) is 5.84 Å². The predicted octanol–water partition coefficient (Wildman–Crippen LogP) is 1.71. The van der Waals surface area contributed by atoms with Crippen molar-refractivity contribution in [1.82, 2.24) is 15.0 Å². The number of hydrazine groups is 1. The highest BCUT2D eigenvalue weighted by molar-refractivity contribution is 5.38. The molecular weight excluding hydrogens is 256 g/mol. The first-order chi connectivity index (χ1) is 9.74. The van der Waals surface area contributed by atoms with Crippen LogP contribution in [0.1, 0.15) is 46.0 Å². The minimum absolute atomic E-state index is 0.334. The van der Waals surface area contributed by atoms with Crippen LogP contribution in [0, 0.1) is 0 Å². The third-order valence-corrected chi connectivity index (χ3v) is 3.48. The Morgan fingerprint density at radius 2 is 2.15 bits per heavy atom. The number of anilines is 2. The Hall–Kier alpha value is -1.63. The molecule has 1 aliphatic rings. The highest BCUT2D eigenvalue weighted by atomic mass is 16.5. The van der Waals surface area contributed by atoms with Crippen molar-refractivity contribution >= 4 is 11.9 Å². The van der Waals surface area contributed by atoms with Crippen LogP contribution in [0.25, 0.3) is 0 Å². The molecule has 1 aliphatic heterocycles. The Bertz CT molecular complexity index is 427. The van der Waals surface area contributed by atoms with Gasteiger partial charge < -0.3 is 9.64 Å². The van der Waals surface area contributed by atoms with Crippen molar-refractivity contribution in [1.29, 1.82) is 0 Å². The Morgan fingerprint density at radius 1 is 1.30 bits per heavy atom. The molecular formula is C13H24N6O. The first-order valence-corrected chi connectivity index (χ1v) is 7.36. The average molecular weight is 280 g/mol. The Kier molecular flexibility index (Phi) is 5.34. The summed E-state index contributed by atoms with van der Waals surface area (Å²) in [4.78, 5) is 15.1. The lowest BCUT2D eigenvalue weighted by molar-refractivity contribution is 0.291. The predicted molar refractivity (Wildman–Crippen MR) is 78.7 cm³/mol. The van der Waals surface area contributed by atoms with E-state index in [0.29, 0.717) is 30.6 Å². The molecule has 2 heterocycles. The quantitative estimate of drug-likeness (QED) is 0.627. The molecule has 20 heavy (non-hydrogen) atoms. The molecule has 0 radical (unpaired) electrons. The summed E-state index contributed by atoms with van der Waals surface area (Å²) in [7, 11) is 0. The first-order valence-electron chi connectivity index (χ1n) is 7.36. The second-order valence-electron chi connectivity index (χ2n) is 5.13. The van der Waals surface area contributed by atoms with E-state index >= 15 is 0 Å². The van der Waals surface area contributed by atoms with Gasteiger partial charge in [-0.15, -0.1) is 0 Å². The summed E-state index contributed by atoms with van der Waals surface area (Å²) in [5, 5.41) is 0. The number of rotatable bonds is 5. The van der Waals surface area contributed by atoms with Gasteiger partial charge in [0.25, 0.3) is 0 Å². The Balaban J connectivity index is 2.23. The summed E-state index contributed by atoms with van der Waals surface area (Å²) in [5.41, 5.74) is 2.48. The highest BCUT2D eigenvalue weighted by Crippen LogP contribution is 2.23. The second kappa shape index (κ2) is 7.23. The molecule has 3 N–H and O–H groups in total. The molecule has 1 atom stereocenters. The SMILES string of the molecule is CCCOc1nc(NN)nc(N2CCCCCC2C)n1. The van der Waals surface area contributed by atoms with Gasteiger partial charge in [0.1, 0.15) is 0 Å². The minimum atomic E-state index is 0.334. The fourth-order valence-electron chi connectivity index (χ4n) is 2.37. The van der Waals surface area contributed by atoms with Gasteiger partial charge in [0, 0.05) is 12.6 Å². The molecule has 1 saturated heterocycles. The van der Waals surface area contributed by atoms with E-state index in [4.69, 9.17) is 10.6 Å². The van der Waals surface area contributed by atoms with Gasteiger partial charge in [-0.2, -0.15) is 15.0 Å². The van der Waals surface area contributed by atoms with Crippen LogP contribution in [0.3, 0.4) is 0 Å². The molecule has 1 aromatic rings. The van der Waals surface area contributed by atoms with Gasteiger partial charge in [-0.3, -0.25) is 5.43 Å². The van der Waals surface area contributed by atoms with E-state index in [9.17, 15) is 0 Å². The smallest absolute Gasteiger partial charge is 0.323 e. The number of nitrogens with one attached hydrogen (secondary N) is 1. The van der Waals surface area contributed by atoms with Crippen molar-refractivity contribution in [2.75, 3.05) is 23.5 Å². The maximum atomic E-state index is 5.51. The zero-order valence-electron chi connectivity index (χ0n) is 12.3. The summed E-state index contributed by atoms with van der Waals surface area (Å²) in [6.07, 6.45) is 5.73. The molecule has 7 nitrogen and oxygen atoms in total. The van der Waals surface area contributed by atoms with E-state index in [1.54, 1.807) is 0 Å². The minimum Gasteiger partial charge on any atom is -0.463 e. The lowest BCUT2D eigenvalue weighted by Crippen LogP contribution is -2.34. The molecule has 1 fully saturated rings. The van der Waals surface area contributed by atoms with Crippen LogP contribution in [0.2, 0.25) is 0 Å². The largest absolute Gasteiger partial charge is 0.463 e. The van der Waals surface area contributed by atoms with Gasteiger partial charge in [0.15, 0.2) is 0 Å². The molecule has 0 saturated carbocycles. The van der Waals surface area contributed by atoms with Gasteiger partial charge in [-0.25, -0.2) is 5.84 Å². The van der Waals surface area contributed by atoms with Crippen LogP contribution in [0.5, 0.6) is 6.01 Å². The third kappa shape index (κ3) is 3.69. The van der Waals surface area contributed by atoms with E-state index in [-0.39, 0.29) is 0 Å². The summed E-state index contributed by atoms with van der Waals surface area (Å²) in [6, 6.07) is 0.755. The number of nitrogen functional groups attached to an aromatic ring is 1. The zero-order chi connectivity index (χ0) is 14.4. The highest BCUT2D eigenvalue weighted by Gasteiger charge is 2.21. The van der Waals surface area contributed by atoms with E-state index in [1.165, 1.54) is 12.8 Å². The zero-order valence-corrected chi connectivity index (χ0v) is 12.3. The molecule has 1 aromatic heterocycles. The maximum Gasteiger partial charge on any atom is 0.323 e. The van der Waals surface area contributed by atoms with Crippen molar-refractivity contribution in [3.63, 3.8) is 0 Å². The van der Waals surface area contributed by atoms with Gasteiger partial charge >= 0.3 is 6.01 Å². The molecule has 0 bridgehead atoms. The number of hydrogen-bond acceptors (Lipinski definition) is 7. The molecule has 0 amide bonds. The summed E-state index contributed by atoms with van der Waals surface area (Å²) < 4.78 is 5.51. The molecule has 0 aliphatic carbocycles. The molecule has 0 spiro atoms. The van der Waals surface area contributed by atoms with Crippen LogP contribution in [-0.4, -0.2) is 34.1 Å². The molecule has 112 valence electrons. The van der Waals surface area contributed by atoms with Gasteiger partial charge in [0.05, 0.1) is 6.61 Å². The van der Waals surface area contributed by atoms with E-state index in [1.807, 2.05) is 6.92 Å². The van der Waals surface area contributed by atoms with E-state index in [0.717, 1.165) is 25.8 Å². The lowest BCUT2D eigenvalue weighted by atomic mass is 10.1.